The Kier molecular flexibility index (Phi) is 6.10. The van der Waals surface area contributed by atoms with Gasteiger partial charge in [-0.1, -0.05) is 42.5 Å². The lowest BCUT2D eigenvalue weighted by atomic mass is 10.00. The van der Waals surface area contributed by atoms with Crippen LogP contribution >= 0.6 is 22.6 Å². The zero-order valence-corrected chi connectivity index (χ0v) is 20.2. The summed E-state index contributed by atoms with van der Waals surface area (Å²) in [5.74, 6) is 0.612. The van der Waals surface area contributed by atoms with Crippen LogP contribution in [0.15, 0.2) is 77.8 Å². The molecule has 0 spiro atoms. The normalized spacial score (nSPS) is 14.4. The molecule has 34 heavy (non-hydrogen) atoms. The topological polar surface area (TPSA) is 81.4 Å². The number of aryl methyl sites for hydroxylation is 1. The number of amides is 1. The van der Waals surface area contributed by atoms with Crippen molar-refractivity contribution in [1.29, 1.82) is 0 Å². The Morgan fingerprint density at radius 1 is 1.06 bits per heavy atom. The van der Waals surface area contributed by atoms with Crippen molar-refractivity contribution in [2.45, 2.75) is 19.7 Å². The molecule has 5 rings (SSSR count). The van der Waals surface area contributed by atoms with Crippen LogP contribution in [-0.4, -0.2) is 26.6 Å². The fourth-order valence-electron chi connectivity index (χ4n) is 3.84. The number of alkyl carbamates (subject to hydrolysis) is 1. The third-order valence-corrected chi connectivity index (χ3v) is 6.07. The number of rotatable bonds is 4. The summed E-state index contributed by atoms with van der Waals surface area (Å²) in [7, 11) is 0. The summed E-state index contributed by atoms with van der Waals surface area (Å²) >= 11 is 2.21. The first kappa shape index (κ1) is 22.2. The maximum absolute atomic E-state index is 14.9. The van der Waals surface area contributed by atoms with Gasteiger partial charge < -0.3 is 4.74 Å². The van der Waals surface area contributed by atoms with Crippen molar-refractivity contribution in [3.8, 4) is 5.69 Å². The van der Waals surface area contributed by atoms with Crippen LogP contribution in [0.5, 0.6) is 0 Å². The van der Waals surface area contributed by atoms with Gasteiger partial charge in [0.15, 0.2) is 12.0 Å². The highest BCUT2D eigenvalue weighted by Crippen LogP contribution is 2.31. The Hall–Kier alpha value is -3.60. The van der Waals surface area contributed by atoms with E-state index in [-0.39, 0.29) is 6.61 Å². The standard InChI is InChI=1S/C25H19FIN5O2/c1-15-30-31-24-23(29-25(33)34-14-16-7-3-2-4-8-16)28-22(18-9-5-6-10-20(18)26)19-13-17(27)11-12-21(19)32(15)24/h2-13,23H,14H2,1H3,(H,29,33). The number of benzene rings is 3. The molecule has 0 aliphatic carbocycles. The zero-order valence-electron chi connectivity index (χ0n) is 18.1. The van der Waals surface area contributed by atoms with Gasteiger partial charge >= 0.3 is 6.09 Å². The molecule has 9 heteroatoms. The molecule has 1 amide bonds. The highest BCUT2D eigenvalue weighted by Gasteiger charge is 2.30. The van der Waals surface area contributed by atoms with E-state index in [2.05, 4.69) is 38.1 Å². The average Bonchev–Trinajstić information content (AvgIpc) is 3.16. The number of ether oxygens (including phenoxy) is 1. The van der Waals surface area contributed by atoms with Gasteiger partial charge in [0.1, 0.15) is 18.2 Å². The van der Waals surface area contributed by atoms with Crippen LogP contribution in [0.25, 0.3) is 5.69 Å². The summed E-state index contributed by atoms with van der Waals surface area (Å²) < 4.78 is 23.1. The molecule has 1 aromatic heterocycles. The van der Waals surface area contributed by atoms with Gasteiger partial charge in [-0.05, 0) is 65.4 Å². The lowest BCUT2D eigenvalue weighted by Gasteiger charge is -2.14. The van der Waals surface area contributed by atoms with Crippen LogP contribution in [0, 0.1) is 16.3 Å². The lowest BCUT2D eigenvalue weighted by Crippen LogP contribution is -2.30. The maximum Gasteiger partial charge on any atom is 0.409 e. The van der Waals surface area contributed by atoms with E-state index in [0.717, 1.165) is 14.8 Å². The number of aliphatic imine (C=N–C) groups is 1. The number of hydrogen-bond acceptors (Lipinski definition) is 5. The summed E-state index contributed by atoms with van der Waals surface area (Å²) in [6.07, 6.45) is -1.61. The summed E-state index contributed by atoms with van der Waals surface area (Å²) in [6.45, 7) is 1.92. The molecular weight excluding hydrogens is 548 g/mol. The molecule has 1 atom stereocenters. The monoisotopic (exact) mass is 567 g/mol. The molecule has 0 fully saturated rings. The van der Waals surface area contributed by atoms with E-state index in [1.165, 1.54) is 6.07 Å². The number of aromatic nitrogens is 3. The molecule has 0 saturated carbocycles. The molecule has 2 heterocycles. The Bertz CT molecular complexity index is 1400. The third-order valence-electron chi connectivity index (χ3n) is 5.40. The fourth-order valence-corrected chi connectivity index (χ4v) is 4.34. The number of carbonyl (C=O) groups is 1. The Morgan fingerprint density at radius 2 is 1.82 bits per heavy atom. The van der Waals surface area contributed by atoms with E-state index in [9.17, 15) is 9.18 Å². The van der Waals surface area contributed by atoms with E-state index in [1.54, 1.807) is 18.2 Å². The Morgan fingerprint density at radius 3 is 2.62 bits per heavy atom. The number of nitrogens with one attached hydrogen (secondary N) is 1. The molecule has 1 N–H and O–H groups in total. The predicted molar refractivity (Wildman–Crippen MR) is 133 cm³/mol. The van der Waals surface area contributed by atoms with E-state index in [0.29, 0.717) is 28.5 Å². The Balaban J connectivity index is 1.58. The minimum atomic E-state index is -0.941. The van der Waals surface area contributed by atoms with Gasteiger partial charge in [0, 0.05) is 14.7 Å². The number of carbonyl (C=O) groups excluding carboxylic acids is 1. The molecule has 4 aromatic rings. The molecular formula is C25H19FIN5O2. The van der Waals surface area contributed by atoms with Crippen molar-refractivity contribution in [3.05, 3.63) is 111 Å². The second kappa shape index (κ2) is 9.34. The fraction of sp³-hybridized carbons (Fsp3) is 0.120. The third kappa shape index (κ3) is 4.30. The largest absolute Gasteiger partial charge is 0.445 e. The molecule has 7 nitrogen and oxygen atoms in total. The smallest absolute Gasteiger partial charge is 0.409 e. The summed E-state index contributed by atoms with van der Waals surface area (Å²) in [5, 5.41) is 11.3. The molecule has 1 unspecified atom stereocenters. The molecule has 0 radical (unpaired) electrons. The quantitative estimate of drug-likeness (QED) is 0.349. The van der Waals surface area contributed by atoms with Crippen molar-refractivity contribution in [3.63, 3.8) is 0 Å². The number of fused-ring (bicyclic) bond motifs is 3. The second-order valence-electron chi connectivity index (χ2n) is 7.67. The van der Waals surface area contributed by atoms with Gasteiger partial charge in [-0.15, -0.1) is 10.2 Å². The van der Waals surface area contributed by atoms with Crippen molar-refractivity contribution in [1.82, 2.24) is 20.1 Å². The van der Waals surface area contributed by atoms with Gasteiger partial charge in [-0.2, -0.15) is 0 Å². The molecule has 0 saturated heterocycles. The summed E-state index contributed by atoms with van der Waals surface area (Å²) in [6, 6.07) is 21.6. The zero-order chi connectivity index (χ0) is 23.7. The molecule has 1 aliphatic rings. The highest BCUT2D eigenvalue weighted by atomic mass is 127. The summed E-state index contributed by atoms with van der Waals surface area (Å²) in [5.41, 5.74) is 3.05. The molecule has 170 valence electrons. The lowest BCUT2D eigenvalue weighted by molar-refractivity contribution is 0.135. The molecule has 0 bridgehead atoms. The first-order chi connectivity index (χ1) is 16.5. The van der Waals surface area contributed by atoms with Crippen LogP contribution in [-0.2, 0) is 11.3 Å². The van der Waals surface area contributed by atoms with E-state index >= 15 is 0 Å². The minimum Gasteiger partial charge on any atom is -0.445 e. The van der Waals surface area contributed by atoms with Crippen LogP contribution < -0.4 is 5.32 Å². The van der Waals surface area contributed by atoms with Gasteiger partial charge in [0.25, 0.3) is 0 Å². The second-order valence-corrected chi connectivity index (χ2v) is 8.91. The first-order valence-electron chi connectivity index (χ1n) is 10.5. The van der Waals surface area contributed by atoms with Gasteiger partial charge in [-0.25, -0.2) is 9.18 Å². The van der Waals surface area contributed by atoms with E-state index in [1.807, 2.05) is 60.0 Å². The Labute approximate surface area is 208 Å². The van der Waals surface area contributed by atoms with Crippen molar-refractivity contribution < 1.29 is 13.9 Å². The average molecular weight is 567 g/mol. The summed E-state index contributed by atoms with van der Waals surface area (Å²) in [4.78, 5) is 17.5. The first-order valence-corrected chi connectivity index (χ1v) is 11.6. The van der Waals surface area contributed by atoms with Crippen molar-refractivity contribution >= 4 is 34.4 Å². The predicted octanol–water partition coefficient (Wildman–Crippen LogP) is 5.10. The van der Waals surface area contributed by atoms with Crippen LogP contribution in [0.1, 0.15) is 34.5 Å². The van der Waals surface area contributed by atoms with Crippen LogP contribution in [0.3, 0.4) is 0 Å². The van der Waals surface area contributed by atoms with Crippen molar-refractivity contribution in [2.75, 3.05) is 0 Å². The van der Waals surface area contributed by atoms with E-state index < -0.39 is 18.1 Å². The minimum absolute atomic E-state index is 0.105. The van der Waals surface area contributed by atoms with Crippen molar-refractivity contribution in [2.24, 2.45) is 4.99 Å². The van der Waals surface area contributed by atoms with Gasteiger partial charge in [-0.3, -0.25) is 14.9 Å². The van der Waals surface area contributed by atoms with E-state index in [4.69, 9.17) is 9.73 Å². The molecule has 1 aliphatic heterocycles. The number of hydrogen-bond donors (Lipinski definition) is 1. The van der Waals surface area contributed by atoms with Crippen LogP contribution in [0.4, 0.5) is 9.18 Å². The van der Waals surface area contributed by atoms with Gasteiger partial charge in [0.05, 0.1) is 11.4 Å². The number of halogens is 2. The highest BCUT2D eigenvalue weighted by molar-refractivity contribution is 14.1. The maximum atomic E-state index is 14.9. The molecule has 3 aromatic carbocycles. The van der Waals surface area contributed by atoms with Crippen LogP contribution in [0.2, 0.25) is 0 Å². The SMILES string of the molecule is Cc1nnc2n1-c1ccc(I)cc1C(c1ccccc1F)=NC2NC(=O)OCc1ccccc1. The van der Waals surface area contributed by atoms with Gasteiger partial charge in [0.2, 0.25) is 0 Å². The number of nitrogens with zero attached hydrogens (tertiary/aromatic N) is 4.